The van der Waals surface area contributed by atoms with Crippen LogP contribution < -0.4 is 39.4 Å². The fraction of sp³-hybridized carbons (Fsp3) is 0.226. The Labute approximate surface area is 242 Å². The van der Waals surface area contributed by atoms with Crippen LogP contribution in [0, 0.1) is 13.8 Å². The number of pyridine rings is 1. The summed E-state index contributed by atoms with van der Waals surface area (Å²) < 4.78 is 17.7. The van der Waals surface area contributed by atoms with Gasteiger partial charge in [0.25, 0.3) is 0 Å². The number of hydrogen-bond acceptors (Lipinski definition) is 6. The third-order valence-corrected chi connectivity index (χ3v) is 7.24. The van der Waals surface area contributed by atoms with Gasteiger partial charge in [-0.1, -0.05) is 48.5 Å². The Kier molecular flexibility index (Phi) is 7.34. The number of carbonyl (C=O) groups excluding carboxylic acids is 1. The van der Waals surface area contributed by atoms with Gasteiger partial charge in [0, 0.05) is 22.4 Å². The molecule has 3 heterocycles. The van der Waals surface area contributed by atoms with E-state index in [1.165, 1.54) is 11.6 Å². The molecule has 7 heteroatoms. The number of carbonyl (C=O) groups is 1. The zero-order valence-corrected chi connectivity index (χ0v) is 23.9. The van der Waals surface area contributed by atoms with Crippen LogP contribution in [0.1, 0.15) is 51.6 Å². The van der Waals surface area contributed by atoms with Gasteiger partial charge in [-0.25, -0.2) is 4.98 Å². The Morgan fingerprint density at radius 2 is 1.79 bits per heavy atom. The van der Waals surface area contributed by atoms with Gasteiger partial charge in [0.15, 0.2) is 5.76 Å². The van der Waals surface area contributed by atoms with E-state index in [1.54, 1.807) is 6.07 Å². The van der Waals surface area contributed by atoms with Crippen LogP contribution in [0.3, 0.4) is 0 Å². The molecule has 1 unspecified atom stereocenters. The number of nitrogens with zero attached hydrogens (tertiary/aromatic N) is 1. The fourth-order valence-corrected chi connectivity index (χ4v) is 4.96. The molecule has 1 atom stereocenters. The van der Waals surface area contributed by atoms with Crippen LogP contribution in [0.2, 0.25) is 0 Å². The largest absolute Gasteiger partial charge is 1.00 e. The number of benzene rings is 3. The van der Waals surface area contributed by atoms with E-state index in [2.05, 4.69) is 24.3 Å². The van der Waals surface area contributed by atoms with Crippen molar-refractivity contribution in [2.24, 2.45) is 0 Å². The van der Waals surface area contributed by atoms with Crippen LogP contribution >= 0.6 is 0 Å². The minimum Gasteiger partial charge on any atom is -0.545 e. The molecule has 0 aliphatic carbocycles. The van der Waals surface area contributed by atoms with Crippen LogP contribution in [-0.2, 0) is 4.74 Å². The third kappa shape index (κ3) is 4.63. The normalized spacial score (nSPS) is 14.2. The minimum atomic E-state index is -1.29. The molecule has 0 bridgehead atoms. The number of carboxylic acid groups (broad SMARTS) is 1. The second-order valence-corrected chi connectivity index (χ2v) is 9.66. The SMILES string of the molecule is Cc1c(-c2cc(C(=O)[O-])c3c(OC(C)c4ccc(C5COC5)cc4)ccc(C)c3n2)oc2ccccc12.[Na+]. The summed E-state index contributed by atoms with van der Waals surface area (Å²) >= 11 is 0. The van der Waals surface area contributed by atoms with Crippen molar-refractivity contribution in [1.29, 1.82) is 0 Å². The second kappa shape index (κ2) is 10.5. The Hall–Kier alpha value is -3.16. The van der Waals surface area contributed by atoms with Crippen LogP contribution in [0.25, 0.3) is 33.3 Å². The average Bonchev–Trinajstić information content (AvgIpc) is 3.21. The third-order valence-electron chi connectivity index (χ3n) is 7.24. The van der Waals surface area contributed by atoms with E-state index in [-0.39, 0.29) is 41.2 Å². The number of para-hydroxylation sites is 1. The molecule has 6 nitrogen and oxygen atoms in total. The molecule has 0 N–H and O–H groups in total. The number of aromatic nitrogens is 1. The maximum atomic E-state index is 12.4. The molecule has 38 heavy (non-hydrogen) atoms. The van der Waals surface area contributed by atoms with Crippen molar-refractivity contribution >= 4 is 27.8 Å². The molecule has 0 saturated carbocycles. The molecule has 6 rings (SSSR count). The van der Waals surface area contributed by atoms with Crippen molar-refractivity contribution in [3.8, 4) is 17.2 Å². The van der Waals surface area contributed by atoms with Gasteiger partial charge >= 0.3 is 29.6 Å². The summed E-state index contributed by atoms with van der Waals surface area (Å²) in [5.74, 6) is 0.149. The number of fused-ring (bicyclic) bond motifs is 2. The Balaban J connectivity index is 0.00000294. The summed E-state index contributed by atoms with van der Waals surface area (Å²) in [4.78, 5) is 17.2. The van der Waals surface area contributed by atoms with E-state index in [0.717, 1.165) is 40.9 Å². The first-order valence-corrected chi connectivity index (χ1v) is 12.4. The average molecular weight is 516 g/mol. The number of furan rings is 1. The number of aryl methyl sites for hydroxylation is 2. The number of carboxylic acids is 1. The summed E-state index contributed by atoms with van der Waals surface area (Å²) in [6.07, 6.45) is -0.301. The van der Waals surface area contributed by atoms with Gasteiger partial charge in [-0.2, -0.15) is 0 Å². The minimum absolute atomic E-state index is 0. The van der Waals surface area contributed by atoms with E-state index in [4.69, 9.17) is 18.9 Å². The summed E-state index contributed by atoms with van der Waals surface area (Å²) in [7, 11) is 0. The number of hydrogen-bond donors (Lipinski definition) is 0. The molecule has 5 aromatic rings. The van der Waals surface area contributed by atoms with Crippen LogP contribution in [-0.4, -0.2) is 24.2 Å². The van der Waals surface area contributed by atoms with Crippen molar-refractivity contribution in [3.05, 3.63) is 94.5 Å². The molecule has 2 aromatic heterocycles. The van der Waals surface area contributed by atoms with E-state index in [9.17, 15) is 9.90 Å². The summed E-state index contributed by atoms with van der Waals surface area (Å²) in [6, 6.07) is 21.2. The molecule has 3 aromatic carbocycles. The Bertz CT molecular complexity index is 1650. The monoisotopic (exact) mass is 515 g/mol. The van der Waals surface area contributed by atoms with E-state index < -0.39 is 5.97 Å². The van der Waals surface area contributed by atoms with Gasteiger partial charge in [-0.15, -0.1) is 0 Å². The van der Waals surface area contributed by atoms with Crippen molar-refractivity contribution in [2.45, 2.75) is 32.8 Å². The van der Waals surface area contributed by atoms with Crippen molar-refractivity contribution < 1.29 is 53.3 Å². The maximum absolute atomic E-state index is 12.4. The first-order valence-electron chi connectivity index (χ1n) is 12.4. The zero-order chi connectivity index (χ0) is 25.7. The number of rotatable bonds is 6. The van der Waals surface area contributed by atoms with Crippen LogP contribution in [0.15, 0.2) is 71.1 Å². The Morgan fingerprint density at radius 3 is 2.45 bits per heavy atom. The molecule has 1 saturated heterocycles. The molecule has 1 aliphatic rings. The molecule has 0 radical (unpaired) electrons. The first-order chi connectivity index (χ1) is 17.9. The predicted molar refractivity (Wildman–Crippen MR) is 140 cm³/mol. The predicted octanol–water partition coefficient (Wildman–Crippen LogP) is 2.89. The van der Waals surface area contributed by atoms with E-state index in [0.29, 0.717) is 34.0 Å². The summed E-state index contributed by atoms with van der Waals surface area (Å²) in [5.41, 5.74) is 5.72. The van der Waals surface area contributed by atoms with Crippen LogP contribution in [0.4, 0.5) is 0 Å². The van der Waals surface area contributed by atoms with Crippen molar-refractivity contribution in [2.75, 3.05) is 13.2 Å². The molecule has 1 fully saturated rings. The van der Waals surface area contributed by atoms with E-state index >= 15 is 0 Å². The molecule has 186 valence electrons. The van der Waals surface area contributed by atoms with Crippen LogP contribution in [0.5, 0.6) is 5.75 Å². The van der Waals surface area contributed by atoms with Gasteiger partial charge in [0.2, 0.25) is 0 Å². The smallest absolute Gasteiger partial charge is 0.545 e. The van der Waals surface area contributed by atoms with Crippen molar-refractivity contribution in [3.63, 3.8) is 0 Å². The maximum Gasteiger partial charge on any atom is 1.00 e. The molecule has 1 aliphatic heterocycles. The first kappa shape index (κ1) is 26.4. The van der Waals surface area contributed by atoms with Gasteiger partial charge < -0.3 is 23.8 Å². The fourth-order valence-electron chi connectivity index (χ4n) is 4.96. The quantitative estimate of drug-likeness (QED) is 0.324. The second-order valence-electron chi connectivity index (χ2n) is 9.66. The standard InChI is InChI=1S/C31H27NO5.Na/c1-17-8-13-27(36-19(3)20-9-11-21(12-10-20)22-15-35-16-22)28-24(31(33)34)14-25(32-29(17)28)30-18(2)23-6-4-5-7-26(23)37-30;/h4-14,19,22H,15-16H2,1-3H3,(H,33,34);/q;+1/p-1. The summed E-state index contributed by atoms with van der Waals surface area (Å²) in [6.45, 7) is 7.32. The number of aromatic carboxylic acids is 1. The Morgan fingerprint density at radius 1 is 1.05 bits per heavy atom. The molecule has 0 amide bonds. The molecular weight excluding hydrogens is 489 g/mol. The zero-order valence-electron chi connectivity index (χ0n) is 21.9. The van der Waals surface area contributed by atoms with Gasteiger partial charge in [-0.3, -0.25) is 0 Å². The van der Waals surface area contributed by atoms with Gasteiger partial charge in [0.1, 0.15) is 23.1 Å². The summed E-state index contributed by atoms with van der Waals surface area (Å²) in [5, 5.41) is 13.8. The molecular formula is C31H26NNaO5. The number of ether oxygens (including phenoxy) is 2. The van der Waals surface area contributed by atoms with E-state index in [1.807, 2.05) is 51.1 Å². The topological polar surface area (TPSA) is 84.6 Å². The van der Waals surface area contributed by atoms with Gasteiger partial charge in [0.05, 0.1) is 30.1 Å². The van der Waals surface area contributed by atoms with Crippen molar-refractivity contribution in [1.82, 2.24) is 4.98 Å². The molecule has 0 spiro atoms. The van der Waals surface area contributed by atoms with Gasteiger partial charge in [-0.05, 0) is 55.7 Å².